The number of amides is 2. The highest BCUT2D eigenvalue weighted by Gasteiger charge is 2.52. The second-order valence-electron chi connectivity index (χ2n) is 16.9. The fourth-order valence-electron chi connectivity index (χ4n) is 8.20. The number of nitrogens with zero attached hydrogens (tertiary/aromatic N) is 3. The summed E-state index contributed by atoms with van der Waals surface area (Å²) >= 11 is 0. The number of rotatable bonds is 13. The predicted octanol–water partition coefficient (Wildman–Crippen LogP) is 8.87. The van der Waals surface area contributed by atoms with Crippen LogP contribution in [0.25, 0.3) is 0 Å². The van der Waals surface area contributed by atoms with Crippen LogP contribution in [0.3, 0.4) is 0 Å². The summed E-state index contributed by atoms with van der Waals surface area (Å²) in [4.78, 5) is 34.7. The van der Waals surface area contributed by atoms with Gasteiger partial charge in [0.1, 0.15) is 17.3 Å². The zero-order valence-electron chi connectivity index (χ0n) is 34.2. The van der Waals surface area contributed by atoms with E-state index in [1.807, 2.05) is 128 Å². The molecule has 6 rings (SSSR count). The smallest absolute Gasteiger partial charge is 0.413 e. The molecule has 0 aromatic heterocycles. The summed E-state index contributed by atoms with van der Waals surface area (Å²) in [6.45, 7) is 17.6. The van der Waals surface area contributed by atoms with Crippen LogP contribution in [0, 0.1) is 0 Å². The summed E-state index contributed by atoms with van der Waals surface area (Å²) in [6, 6.07) is 41.0. The van der Waals surface area contributed by atoms with E-state index in [2.05, 4.69) is 53.4 Å². The van der Waals surface area contributed by atoms with Crippen molar-refractivity contribution in [3.8, 4) is 0 Å². The van der Waals surface area contributed by atoms with Crippen LogP contribution in [0.2, 0.25) is 0 Å². The molecule has 298 valence electrons. The van der Waals surface area contributed by atoms with Crippen LogP contribution in [0.1, 0.15) is 72.9 Å². The Morgan fingerprint density at radius 3 is 1.41 bits per heavy atom. The monoisotopic (exact) mass is 779 g/mol. The lowest BCUT2D eigenvalue weighted by atomic mass is 10.0. The van der Waals surface area contributed by atoms with Gasteiger partial charge in [-0.25, -0.2) is 9.59 Å². The van der Waals surface area contributed by atoms with E-state index in [4.69, 9.17) is 18.9 Å². The first-order valence-corrected chi connectivity index (χ1v) is 21.0. The van der Waals surface area contributed by atoms with Crippen LogP contribution in [0.15, 0.2) is 121 Å². The van der Waals surface area contributed by atoms with Crippen molar-refractivity contribution in [1.29, 1.82) is 0 Å². The first kappa shape index (κ1) is 41.4. The van der Waals surface area contributed by atoms with Gasteiger partial charge in [0, 0.05) is 27.4 Å². The number of hydrogen-bond acceptors (Lipinski definition) is 7. The van der Waals surface area contributed by atoms with Gasteiger partial charge in [-0.05, 0) is 77.1 Å². The van der Waals surface area contributed by atoms with E-state index in [9.17, 15) is 9.59 Å². The largest absolute Gasteiger partial charge is 0.449 e. The molecule has 2 fully saturated rings. The third-order valence-electron chi connectivity index (χ3n) is 10.6. The minimum Gasteiger partial charge on any atom is -0.449 e. The molecule has 0 aliphatic carbocycles. The molecule has 10 heteroatoms. The van der Waals surface area contributed by atoms with Crippen molar-refractivity contribution >= 4 is 30.7 Å². The van der Waals surface area contributed by atoms with Gasteiger partial charge in [-0.3, -0.25) is 14.7 Å². The summed E-state index contributed by atoms with van der Waals surface area (Å²) in [6.07, 6.45) is -0.491. The maximum atomic E-state index is 14.9. The fourth-order valence-corrected chi connectivity index (χ4v) is 10.9. The second kappa shape index (κ2) is 17.1. The van der Waals surface area contributed by atoms with Gasteiger partial charge in [0.2, 0.25) is 0 Å². The topological polar surface area (TPSA) is 80.8 Å². The summed E-state index contributed by atoms with van der Waals surface area (Å²) in [5.41, 5.74) is -0.624. The molecular formula is C46H58N3O6P. The minimum absolute atomic E-state index is 0.0941. The molecule has 0 unspecified atom stereocenters. The Labute approximate surface area is 334 Å². The molecule has 2 amide bonds. The SMILES string of the molecule is CC1(C)COC(C)(C)N1C(=O)OCC[C@@H]([C@@H](OC(=O)N1C(C)(C)COC1(C)C)P(c1ccccc1)c1ccccc1)N(Cc1ccccc1)Cc1ccccc1. The molecule has 0 saturated carbocycles. The van der Waals surface area contributed by atoms with Crippen LogP contribution in [0.4, 0.5) is 9.59 Å². The van der Waals surface area contributed by atoms with Crippen LogP contribution in [0.5, 0.6) is 0 Å². The Bertz CT molecular complexity index is 1780. The summed E-state index contributed by atoms with van der Waals surface area (Å²) in [5, 5.41) is 2.14. The second-order valence-corrected chi connectivity index (χ2v) is 19.2. The third-order valence-corrected chi connectivity index (χ3v) is 13.3. The Morgan fingerprint density at radius 2 is 1.02 bits per heavy atom. The zero-order valence-corrected chi connectivity index (χ0v) is 35.1. The van der Waals surface area contributed by atoms with Gasteiger partial charge in [0.05, 0.1) is 36.9 Å². The standard InChI is InChI=1S/C46H58N3O6P/c1-43(2)33-53-45(5,6)48(43)41(50)52-30-29-39(47(31-35-21-13-9-14-22-35)32-36-23-15-10-16-24-36)40(55-42(51)49-44(3,4)34-54-46(49,7)8)56(37-25-17-11-18-26-37)38-27-19-12-20-28-38/h9-28,39-40H,29-34H2,1-8H3/t39-,40-/m0/s1. The van der Waals surface area contributed by atoms with Crippen LogP contribution in [-0.2, 0) is 32.0 Å². The number of benzene rings is 4. The van der Waals surface area contributed by atoms with E-state index in [-0.39, 0.29) is 6.61 Å². The first-order valence-electron chi connectivity index (χ1n) is 19.6. The van der Waals surface area contributed by atoms with Gasteiger partial charge in [-0.2, -0.15) is 0 Å². The average molecular weight is 780 g/mol. The van der Waals surface area contributed by atoms with Gasteiger partial charge in [0.25, 0.3) is 0 Å². The molecule has 4 aromatic rings. The molecule has 2 aliphatic rings. The molecule has 2 saturated heterocycles. The molecule has 0 radical (unpaired) electrons. The highest BCUT2D eigenvalue weighted by molar-refractivity contribution is 7.73. The van der Waals surface area contributed by atoms with E-state index in [0.717, 1.165) is 21.7 Å². The van der Waals surface area contributed by atoms with Gasteiger partial charge < -0.3 is 18.9 Å². The Hall–Kier alpha value is -4.27. The van der Waals surface area contributed by atoms with E-state index >= 15 is 0 Å². The molecule has 2 atom stereocenters. The Morgan fingerprint density at radius 1 is 0.625 bits per heavy atom. The maximum Gasteiger partial charge on any atom is 0.413 e. The van der Waals surface area contributed by atoms with Gasteiger partial charge in [0.15, 0.2) is 0 Å². The predicted molar refractivity (Wildman–Crippen MR) is 223 cm³/mol. The van der Waals surface area contributed by atoms with Crippen LogP contribution >= 0.6 is 7.92 Å². The van der Waals surface area contributed by atoms with Crippen LogP contribution in [-0.4, -0.2) is 81.1 Å². The molecule has 0 spiro atoms. The van der Waals surface area contributed by atoms with Crippen molar-refractivity contribution < 1.29 is 28.5 Å². The normalized spacial score (nSPS) is 19.2. The van der Waals surface area contributed by atoms with E-state index in [0.29, 0.717) is 32.7 Å². The average Bonchev–Trinajstić information content (AvgIpc) is 3.54. The lowest BCUT2D eigenvalue weighted by Crippen LogP contribution is -2.55. The lowest BCUT2D eigenvalue weighted by Gasteiger charge is -2.43. The summed E-state index contributed by atoms with van der Waals surface area (Å²) in [7, 11) is -1.34. The highest BCUT2D eigenvalue weighted by Crippen LogP contribution is 2.46. The van der Waals surface area contributed by atoms with Crippen molar-refractivity contribution in [3.05, 3.63) is 132 Å². The lowest BCUT2D eigenvalue weighted by molar-refractivity contribution is -0.0619. The molecule has 2 heterocycles. The number of ether oxygens (including phenoxy) is 4. The molecule has 0 bridgehead atoms. The van der Waals surface area contributed by atoms with Gasteiger partial charge in [-0.1, -0.05) is 121 Å². The van der Waals surface area contributed by atoms with Gasteiger partial charge in [-0.15, -0.1) is 0 Å². The van der Waals surface area contributed by atoms with Gasteiger partial charge >= 0.3 is 12.2 Å². The first-order chi connectivity index (χ1) is 26.6. The fraction of sp³-hybridized carbons (Fsp3) is 0.435. The van der Waals surface area contributed by atoms with Crippen molar-refractivity contribution in [2.45, 2.75) is 109 Å². The third kappa shape index (κ3) is 9.46. The molecule has 9 nitrogen and oxygen atoms in total. The summed E-state index contributed by atoms with van der Waals surface area (Å²) in [5.74, 6) is -0.677. The number of carbonyl (C=O) groups excluding carboxylic acids is 2. The molecule has 4 aromatic carbocycles. The van der Waals surface area contributed by atoms with Crippen molar-refractivity contribution in [3.63, 3.8) is 0 Å². The zero-order chi connectivity index (χ0) is 40.1. The van der Waals surface area contributed by atoms with E-state index < -0.39 is 54.5 Å². The molecular weight excluding hydrogens is 721 g/mol. The van der Waals surface area contributed by atoms with Crippen molar-refractivity contribution in [2.24, 2.45) is 0 Å². The van der Waals surface area contributed by atoms with Crippen molar-refractivity contribution in [2.75, 3.05) is 19.8 Å². The van der Waals surface area contributed by atoms with E-state index in [1.165, 1.54) is 0 Å². The Balaban J connectivity index is 1.48. The molecule has 56 heavy (non-hydrogen) atoms. The number of carbonyl (C=O) groups is 2. The molecule has 2 aliphatic heterocycles. The minimum atomic E-state index is -1.34. The maximum absolute atomic E-state index is 14.9. The summed E-state index contributed by atoms with van der Waals surface area (Å²) < 4.78 is 25.5. The molecule has 0 N–H and O–H groups in total. The Kier molecular flexibility index (Phi) is 12.6. The number of hydrogen-bond donors (Lipinski definition) is 0. The van der Waals surface area contributed by atoms with Crippen molar-refractivity contribution in [1.82, 2.24) is 14.7 Å². The quantitative estimate of drug-likeness (QED) is 0.126. The van der Waals surface area contributed by atoms with Crippen LogP contribution < -0.4 is 10.6 Å². The highest BCUT2D eigenvalue weighted by atomic mass is 31.1. The van der Waals surface area contributed by atoms with E-state index in [1.54, 1.807) is 9.80 Å².